The average molecular weight is 607 g/mol. The lowest BCUT2D eigenvalue weighted by Crippen LogP contribution is -2.24. The van der Waals surface area contributed by atoms with Crippen LogP contribution in [0.4, 0.5) is 11.4 Å². The van der Waals surface area contributed by atoms with Gasteiger partial charge in [-0.15, -0.1) is 0 Å². The Balaban J connectivity index is 1.21. The lowest BCUT2D eigenvalue weighted by Gasteiger charge is -2.33. The van der Waals surface area contributed by atoms with Gasteiger partial charge in [0.05, 0.1) is 5.52 Å². The van der Waals surface area contributed by atoms with Crippen LogP contribution in [0.3, 0.4) is 0 Å². The van der Waals surface area contributed by atoms with Crippen LogP contribution in [0.15, 0.2) is 186 Å². The van der Waals surface area contributed by atoms with Crippen molar-refractivity contribution >= 4 is 33.1 Å². The van der Waals surface area contributed by atoms with Crippen LogP contribution in [0, 0.1) is 0 Å². The van der Waals surface area contributed by atoms with E-state index in [9.17, 15) is 4.79 Å². The van der Waals surface area contributed by atoms with Crippen LogP contribution < -0.4 is 10.5 Å². The minimum absolute atomic E-state index is 0.0153. The van der Waals surface area contributed by atoms with Crippen LogP contribution >= 0.6 is 0 Å². The Kier molecular flexibility index (Phi) is 7.15. The summed E-state index contributed by atoms with van der Waals surface area (Å²) >= 11 is 0. The van der Waals surface area contributed by atoms with Gasteiger partial charge in [-0.1, -0.05) is 128 Å². The summed E-state index contributed by atoms with van der Waals surface area (Å²) in [6, 6.07) is 54.3. The van der Waals surface area contributed by atoms with Crippen LogP contribution in [-0.2, 0) is 5.41 Å². The van der Waals surface area contributed by atoms with Crippen LogP contribution in [0.1, 0.15) is 18.9 Å². The van der Waals surface area contributed by atoms with Crippen molar-refractivity contribution in [1.29, 1.82) is 0 Å². The molecule has 1 atom stereocenters. The molecule has 0 bridgehead atoms. The first kappa shape index (κ1) is 28.5. The van der Waals surface area contributed by atoms with Gasteiger partial charge >= 0.3 is 0 Å². The molecule has 0 aliphatic heterocycles. The number of hydrogen-bond acceptors (Lipinski definition) is 2. The van der Waals surface area contributed by atoms with E-state index in [1.165, 1.54) is 16.7 Å². The van der Waals surface area contributed by atoms with E-state index >= 15 is 0 Å². The fourth-order valence-corrected chi connectivity index (χ4v) is 6.84. The zero-order chi connectivity index (χ0) is 31.8. The first-order valence-corrected chi connectivity index (χ1v) is 16.1. The second kappa shape index (κ2) is 11.8. The molecule has 1 aliphatic carbocycles. The molecule has 0 N–H and O–H groups in total. The highest BCUT2D eigenvalue weighted by Gasteiger charge is 2.27. The molecule has 3 heteroatoms. The van der Waals surface area contributed by atoms with Crippen molar-refractivity contribution in [2.75, 3.05) is 4.90 Å². The lowest BCUT2D eigenvalue weighted by atomic mass is 9.77. The third-order valence-corrected chi connectivity index (χ3v) is 9.44. The highest BCUT2D eigenvalue weighted by Crippen LogP contribution is 2.39. The van der Waals surface area contributed by atoms with Crippen LogP contribution in [0.25, 0.3) is 38.5 Å². The molecular formula is C44H34N2O. The number of hydrogen-bond donors (Lipinski definition) is 0. The molecule has 0 saturated heterocycles. The zero-order valence-corrected chi connectivity index (χ0v) is 26.3. The number of fused-ring (bicyclic) bond motifs is 3. The molecule has 47 heavy (non-hydrogen) atoms. The molecule has 1 aliphatic rings. The van der Waals surface area contributed by atoms with Crippen LogP contribution in [0.2, 0.25) is 0 Å². The molecule has 3 nitrogen and oxygen atoms in total. The van der Waals surface area contributed by atoms with Gasteiger partial charge in [0.15, 0.2) is 0 Å². The summed E-state index contributed by atoms with van der Waals surface area (Å²) in [6.07, 6.45) is 7.81. The number of aromatic nitrogens is 1. The van der Waals surface area contributed by atoms with Crippen molar-refractivity contribution in [3.63, 3.8) is 0 Å². The van der Waals surface area contributed by atoms with Gasteiger partial charge in [-0.05, 0) is 83.1 Å². The molecular weight excluding hydrogens is 572 g/mol. The van der Waals surface area contributed by atoms with Gasteiger partial charge < -0.3 is 4.90 Å². The summed E-state index contributed by atoms with van der Waals surface area (Å²) in [5, 5.41) is 2.75. The second-order valence-corrected chi connectivity index (χ2v) is 12.4. The molecule has 0 radical (unpaired) electrons. The molecule has 0 fully saturated rings. The fraction of sp³-hybridized carbons (Fsp3) is 0.0682. The van der Waals surface area contributed by atoms with Gasteiger partial charge in [0, 0.05) is 38.9 Å². The normalized spacial score (nSPS) is 15.9. The molecule has 1 aromatic heterocycles. The van der Waals surface area contributed by atoms with E-state index in [0.29, 0.717) is 0 Å². The predicted molar refractivity (Wildman–Crippen MR) is 197 cm³/mol. The first-order valence-electron chi connectivity index (χ1n) is 16.1. The van der Waals surface area contributed by atoms with Crippen molar-refractivity contribution in [3.05, 3.63) is 198 Å². The van der Waals surface area contributed by atoms with Crippen molar-refractivity contribution in [3.8, 4) is 16.8 Å². The fourth-order valence-electron chi connectivity index (χ4n) is 6.84. The van der Waals surface area contributed by atoms with Gasteiger partial charge in [0.2, 0.25) is 0 Å². The van der Waals surface area contributed by atoms with Gasteiger partial charge in [-0.25, -0.2) is 0 Å². The van der Waals surface area contributed by atoms with Gasteiger partial charge in [0.1, 0.15) is 0 Å². The molecule has 0 amide bonds. The third-order valence-electron chi connectivity index (χ3n) is 9.44. The summed E-state index contributed by atoms with van der Waals surface area (Å²) in [7, 11) is 0. The number of pyridine rings is 1. The van der Waals surface area contributed by atoms with E-state index in [4.69, 9.17) is 0 Å². The molecule has 226 valence electrons. The molecule has 7 aromatic rings. The first-order chi connectivity index (χ1) is 23.1. The Morgan fingerprint density at radius 1 is 0.574 bits per heavy atom. The van der Waals surface area contributed by atoms with E-state index in [0.717, 1.165) is 50.9 Å². The molecule has 1 unspecified atom stereocenters. The van der Waals surface area contributed by atoms with Crippen LogP contribution in [-0.4, -0.2) is 4.57 Å². The standard InChI is InChI=1S/C44H34N2O/c1-44(34-14-6-3-7-15-34)30-28-38(29-31-44)45(35-22-20-33(21-23-35)32-12-4-2-5-13-32)36-24-26-37(27-25-36)46-42-19-11-10-17-40(42)39-16-8-9-18-41(39)43(46)47/h2-30H,31H2,1H3. The van der Waals surface area contributed by atoms with E-state index in [-0.39, 0.29) is 11.0 Å². The highest BCUT2D eigenvalue weighted by molar-refractivity contribution is 6.06. The summed E-state index contributed by atoms with van der Waals surface area (Å²) in [6.45, 7) is 2.30. The predicted octanol–water partition coefficient (Wildman–Crippen LogP) is 10.8. The van der Waals surface area contributed by atoms with Crippen molar-refractivity contribution in [2.24, 2.45) is 0 Å². The van der Waals surface area contributed by atoms with E-state index < -0.39 is 0 Å². The Morgan fingerprint density at radius 3 is 1.79 bits per heavy atom. The number of allylic oxidation sites excluding steroid dienone is 3. The van der Waals surface area contributed by atoms with Crippen molar-refractivity contribution in [2.45, 2.75) is 18.8 Å². The number of nitrogens with zero attached hydrogens (tertiary/aromatic N) is 2. The number of para-hydroxylation sites is 1. The number of anilines is 2. The Labute approximate surface area is 275 Å². The molecule has 1 heterocycles. The summed E-state index contributed by atoms with van der Waals surface area (Å²) in [4.78, 5) is 16.2. The number of benzene rings is 6. The second-order valence-electron chi connectivity index (χ2n) is 12.4. The lowest BCUT2D eigenvalue weighted by molar-refractivity contribution is 0.595. The van der Waals surface area contributed by atoms with Gasteiger partial charge in [-0.3, -0.25) is 9.36 Å². The summed E-state index contributed by atoms with van der Waals surface area (Å²) in [5.74, 6) is 0. The van der Waals surface area contributed by atoms with Crippen molar-refractivity contribution < 1.29 is 0 Å². The minimum Gasteiger partial charge on any atom is -0.311 e. The maximum absolute atomic E-state index is 13.9. The Hall–Kier alpha value is -5.93. The SMILES string of the molecule is CC1(c2ccccc2)C=CC(N(c2ccc(-c3ccccc3)cc2)c2ccc(-n3c(=O)c4ccccc4c4ccccc43)cc2)=CC1. The quantitative estimate of drug-likeness (QED) is 0.176. The zero-order valence-electron chi connectivity index (χ0n) is 26.3. The van der Waals surface area contributed by atoms with Gasteiger partial charge in [0.25, 0.3) is 5.56 Å². The molecule has 0 spiro atoms. The monoisotopic (exact) mass is 606 g/mol. The summed E-state index contributed by atoms with van der Waals surface area (Å²) in [5.41, 5.74) is 8.54. The Morgan fingerprint density at radius 2 is 1.13 bits per heavy atom. The van der Waals surface area contributed by atoms with E-state index in [1.54, 1.807) is 0 Å². The van der Waals surface area contributed by atoms with Gasteiger partial charge in [-0.2, -0.15) is 0 Å². The maximum Gasteiger partial charge on any atom is 0.263 e. The molecule has 0 saturated carbocycles. The minimum atomic E-state index is -0.0737. The maximum atomic E-state index is 13.9. The molecule has 8 rings (SSSR count). The van der Waals surface area contributed by atoms with Crippen LogP contribution in [0.5, 0.6) is 0 Å². The van der Waals surface area contributed by atoms with E-state index in [1.807, 2.05) is 53.1 Å². The molecule has 6 aromatic carbocycles. The third kappa shape index (κ3) is 5.16. The summed E-state index contributed by atoms with van der Waals surface area (Å²) < 4.78 is 1.84. The Bertz CT molecular complexity index is 2330. The average Bonchev–Trinajstić information content (AvgIpc) is 3.14. The van der Waals surface area contributed by atoms with Crippen molar-refractivity contribution in [1.82, 2.24) is 4.57 Å². The topological polar surface area (TPSA) is 25.2 Å². The highest BCUT2D eigenvalue weighted by atomic mass is 16.1. The smallest absolute Gasteiger partial charge is 0.263 e. The number of rotatable bonds is 6. The van der Waals surface area contributed by atoms with E-state index in [2.05, 4.69) is 139 Å². The largest absolute Gasteiger partial charge is 0.311 e.